The van der Waals surface area contributed by atoms with Gasteiger partial charge in [-0.25, -0.2) is 0 Å². The molecule has 1 N–H and O–H groups in total. The second kappa shape index (κ2) is 6.33. The molecule has 3 rings (SSSR count). The molecule has 1 saturated heterocycles. The third kappa shape index (κ3) is 3.17. The Morgan fingerprint density at radius 2 is 2.00 bits per heavy atom. The smallest absolute Gasteiger partial charge is 0.0705 e. The van der Waals surface area contributed by atoms with Gasteiger partial charge >= 0.3 is 0 Å². The van der Waals surface area contributed by atoms with E-state index in [0.29, 0.717) is 0 Å². The Hall–Kier alpha value is -1.45. The van der Waals surface area contributed by atoms with Crippen molar-refractivity contribution in [1.82, 2.24) is 15.2 Å². The van der Waals surface area contributed by atoms with Gasteiger partial charge in [-0.1, -0.05) is 18.2 Å². The molecule has 3 heteroatoms. The average molecular weight is 269 g/mol. The summed E-state index contributed by atoms with van der Waals surface area (Å²) in [4.78, 5) is 6.84. The second-order valence-corrected chi connectivity index (χ2v) is 5.86. The molecule has 1 aromatic heterocycles. The molecule has 1 fully saturated rings. The molecule has 1 aromatic carbocycles. The van der Waals surface area contributed by atoms with Crippen LogP contribution < -0.4 is 5.32 Å². The van der Waals surface area contributed by atoms with E-state index in [2.05, 4.69) is 46.5 Å². The zero-order valence-electron chi connectivity index (χ0n) is 12.2. The van der Waals surface area contributed by atoms with Crippen molar-refractivity contribution in [3.63, 3.8) is 0 Å². The Kier molecular flexibility index (Phi) is 4.28. The molecule has 0 radical (unpaired) electrons. The van der Waals surface area contributed by atoms with Gasteiger partial charge in [0.1, 0.15) is 0 Å². The standard InChI is InChI=1S/C17H23N3/c1-20-10-7-14(8-11-20)12-18-13-15-6-9-19-17-5-3-2-4-16(15)17/h2-6,9,14,18H,7-8,10-13H2,1H3. The first-order valence-electron chi connectivity index (χ1n) is 7.55. The molecule has 2 aromatic rings. The summed E-state index contributed by atoms with van der Waals surface area (Å²) in [6, 6.07) is 10.5. The molecule has 0 unspecified atom stereocenters. The summed E-state index contributed by atoms with van der Waals surface area (Å²) in [7, 11) is 2.22. The Morgan fingerprint density at radius 1 is 1.20 bits per heavy atom. The fraction of sp³-hybridized carbons (Fsp3) is 0.471. The Balaban J connectivity index is 1.57. The van der Waals surface area contributed by atoms with E-state index in [0.717, 1.165) is 24.5 Å². The number of hydrogen-bond acceptors (Lipinski definition) is 3. The molecule has 0 atom stereocenters. The van der Waals surface area contributed by atoms with Crippen molar-refractivity contribution in [3.8, 4) is 0 Å². The Bertz CT molecular complexity index is 554. The normalized spacial score (nSPS) is 17.6. The van der Waals surface area contributed by atoms with Gasteiger partial charge in [0, 0.05) is 18.1 Å². The quantitative estimate of drug-likeness (QED) is 0.925. The van der Waals surface area contributed by atoms with Crippen molar-refractivity contribution in [2.75, 3.05) is 26.7 Å². The topological polar surface area (TPSA) is 28.2 Å². The molecule has 106 valence electrons. The molecule has 20 heavy (non-hydrogen) atoms. The SMILES string of the molecule is CN1CCC(CNCc2ccnc3ccccc23)CC1. The maximum atomic E-state index is 4.41. The van der Waals surface area contributed by atoms with Gasteiger partial charge in [0.2, 0.25) is 0 Å². The Morgan fingerprint density at radius 3 is 2.85 bits per heavy atom. The van der Waals surface area contributed by atoms with Crippen LogP contribution in [-0.2, 0) is 6.54 Å². The minimum Gasteiger partial charge on any atom is -0.312 e. The van der Waals surface area contributed by atoms with Crippen LogP contribution >= 0.6 is 0 Å². The predicted molar refractivity (Wildman–Crippen MR) is 83.7 cm³/mol. The molecule has 1 aliphatic heterocycles. The van der Waals surface area contributed by atoms with E-state index in [-0.39, 0.29) is 0 Å². The lowest BCUT2D eigenvalue weighted by atomic mass is 9.97. The summed E-state index contributed by atoms with van der Waals surface area (Å²) in [6.45, 7) is 4.55. The highest BCUT2D eigenvalue weighted by Gasteiger charge is 2.15. The number of para-hydroxylation sites is 1. The molecular formula is C17H23N3. The summed E-state index contributed by atoms with van der Waals surface area (Å²) in [5.74, 6) is 0.833. The lowest BCUT2D eigenvalue weighted by Crippen LogP contribution is -2.34. The van der Waals surface area contributed by atoms with Gasteiger partial charge in [-0.3, -0.25) is 4.98 Å². The van der Waals surface area contributed by atoms with Crippen LogP contribution in [0.25, 0.3) is 10.9 Å². The van der Waals surface area contributed by atoms with Crippen LogP contribution in [0.2, 0.25) is 0 Å². The first-order valence-corrected chi connectivity index (χ1v) is 7.55. The van der Waals surface area contributed by atoms with E-state index in [1.807, 2.05) is 12.3 Å². The summed E-state index contributed by atoms with van der Waals surface area (Å²) < 4.78 is 0. The molecule has 0 aliphatic carbocycles. The van der Waals surface area contributed by atoms with Crippen LogP contribution in [0.1, 0.15) is 18.4 Å². The first kappa shape index (κ1) is 13.5. The predicted octanol–water partition coefficient (Wildman–Crippen LogP) is 2.67. The highest BCUT2D eigenvalue weighted by atomic mass is 15.1. The van der Waals surface area contributed by atoms with E-state index >= 15 is 0 Å². The molecule has 3 nitrogen and oxygen atoms in total. The van der Waals surface area contributed by atoms with Crippen molar-refractivity contribution in [2.24, 2.45) is 5.92 Å². The minimum absolute atomic E-state index is 0.833. The van der Waals surface area contributed by atoms with Gasteiger partial charge in [-0.15, -0.1) is 0 Å². The van der Waals surface area contributed by atoms with Crippen LogP contribution in [0.5, 0.6) is 0 Å². The molecular weight excluding hydrogens is 246 g/mol. The number of nitrogens with zero attached hydrogens (tertiary/aromatic N) is 2. The van der Waals surface area contributed by atoms with E-state index in [4.69, 9.17) is 0 Å². The second-order valence-electron chi connectivity index (χ2n) is 5.86. The van der Waals surface area contributed by atoms with Crippen molar-refractivity contribution < 1.29 is 0 Å². The summed E-state index contributed by atoms with van der Waals surface area (Å²) in [5, 5.41) is 4.90. The average Bonchev–Trinajstić information content (AvgIpc) is 2.49. The number of fused-ring (bicyclic) bond motifs is 1. The molecule has 0 amide bonds. The molecule has 0 saturated carbocycles. The number of hydrogen-bond donors (Lipinski definition) is 1. The highest BCUT2D eigenvalue weighted by molar-refractivity contribution is 5.81. The van der Waals surface area contributed by atoms with Gasteiger partial charge in [0.15, 0.2) is 0 Å². The largest absolute Gasteiger partial charge is 0.312 e. The lowest BCUT2D eigenvalue weighted by Gasteiger charge is -2.29. The van der Waals surface area contributed by atoms with Crippen LogP contribution in [0.4, 0.5) is 0 Å². The van der Waals surface area contributed by atoms with Crippen molar-refractivity contribution in [2.45, 2.75) is 19.4 Å². The fourth-order valence-corrected chi connectivity index (χ4v) is 2.99. The lowest BCUT2D eigenvalue weighted by molar-refractivity contribution is 0.216. The van der Waals surface area contributed by atoms with Crippen LogP contribution in [0.3, 0.4) is 0 Å². The zero-order valence-corrected chi connectivity index (χ0v) is 12.2. The number of rotatable bonds is 4. The monoisotopic (exact) mass is 269 g/mol. The fourth-order valence-electron chi connectivity index (χ4n) is 2.99. The van der Waals surface area contributed by atoms with E-state index < -0.39 is 0 Å². The van der Waals surface area contributed by atoms with Crippen LogP contribution in [0, 0.1) is 5.92 Å². The number of likely N-dealkylation sites (tertiary alicyclic amines) is 1. The number of aromatic nitrogens is 1. The maximum absolute atomic E-state index is 4.41. The van der Waals surface area contributed by atoms with Gasteiger partial charge in [0.05, 0.1) is 5.52 Å². The van der Waals surface area contributed by atoms with Gasteiger partial charge in [0.25, 0.3) is 0 Å². The maximum Gasteiger partial charge on any atom is 0.0705 e. The van der Waals surface area contributed by atoms with Gasteiger partial charge in [-0.05, 0) is 63.1 Å². The van der Waals surface area contributed by atoms with E-state index in [1.54, 1.807) is 0 Å². The zero-order chi connectivity index (χ0) is 13.8. The number of nitrogens with one attached hydrogen (secondary N) is 1. The molecule has 0 bridgehead atoms. The van der Waals surface area contributed by atoms with Crippen molar-refractivity contribution >= 4 is 10.9 Å². The van der Waals surface area contributed by atoms with E-state index in [9.17, 15) is 0 Å². The van der Waals surface area contributed by atoms with E-state index in [1.165, 1.54) is 36.9 Å². The summed E-state index contributed by atoms with van der Waals surface area (Å²) in [6.07, 6.45) is 4.55. The summed E-state index contributed by atoms with van der Waals surface area (Å²) in [5.41, 5.74) is 2.44. The van der Waals surface area contributed by atoms with Crippen LogP contribution in [0.15, 0.2) is 36.5 Å². The van der Waals surface area contributed by atoms with Gasteiger partial charge < -0.3 is 10.2 Å². The molecule has 0 spiro atoms. The van der Waals surface area contributed by atoms with Crippen molar-refractivity contribution in [1.29, 1.82) is 0 Å². The first-order chi connectivity index (χ1) is 9.83. The Labute approximate surface area is 121 Å². The molecule has 2 heterocycles. The molecule has 1 aliphatic rings. The number of benzene rings is 1. The number of pyridine rings is 1. The summed E-state index contributed by atoms with van der Waals surface area (Å²) >= 11 is 0. The third-order valence-electron chi connectivity index (χ3n) is 4.33. The van der Waals surface area contributed by atoms with Crippen LogP contribution in [-0.4, -0.2) is 36.6 Å². The number of piperidine rings is 1. The highest BCUT2D eigenvalue weighted by Crippen LogP contribution is 2.17. The van der Waals surface area contributed by atoms with Crippen molar-refractivity contribution in [3.05, 3.63) is 42.1 Å². The third-order valence-corrected chi connectivity index (χ3v) is 4.33. The minimum atomic E-state index is 0.833. The van der Waals surface area contributed by atoms with Gasteiger partial charge in [-0.2, -0.15) is 0 Å².